The first-order valence-corrected chi connectivity index (χ1v) is 6.78. The van der Waals surface area contributed by atoms with Gasteiger partial charge in [-0.25, -0.2) is 0 Å². The van der Waals surface area contributed by atoms with Crippen molar-refractivity contribution < 1.29 is 0 Å². The number of nitrogens with one attached hydrogen (secondary N) is 1. The van der Waals surface area contributed by atoms with Gasteiger partial charge in [0.15, 0.2) is 0 Å². The second-order valence-corrected chi connectivity index (χ2v) is 5.52. The average Bonchev–Trinajstić information content (AvgIpc) is 2.33. The molecule has 17 heavy (non-hydrogen) atoms. The van der Waals surface area contributed by atoms with Crippen LogP contribution in [0.3, 0.4) is 0 Å². The summed E-state index contributed by atoms with van der Waals surface area (Å²) in [6.45, 7) is 5.16. The quantitative estimate of drug-likeness (QED) is 0.812. The number of anilines is 1. The minimum atomic E-state index is 0.874. The Balaban J connectivity index is 2.02. The second-order valence-electron chi connectivity index (χ2n) is 4.28. The maximum Gasteiger partial charge on any atom is 0.0400 e. The van der Waals surface area contributed by atoms with Crippen LogP contribution in [0.2, 0.25) is 0 Å². The van der Waals surface area contributed by atoms with Crippen molar-refractivity contribution in [1.82, 2.24) is 0 Å². The van der Waals surface area contributed by atoms with Crippen molar-refractivity contribution in [3.05, 3.63) is 62.7 Å². The molecule has 0 amide bonds. The van der Waals surface area contributed by atoms with E-state index < -0.39 is 0 Å². The van der Waals surface area contributed by atoms with Crippen LogP contribution in [0.25, 0.3) is 0 Å². The fraction of sp³-hybridized carbons (Fsp3) is 0.200. The highest BCUT2D eigenvalue weighted by Gasteiger charge is 1.97. The van der Waals surface area contributed by atoms with E-state index in [0.29, 0.717) is 0 Å². The van der Waals surface area contributed by atoms with Crippen LogP contribution in [0.4, 0.5) is 5.69 Å². The van der Waals surface area contributed by atoms with Gasteiger partial charge in [-0.1, -0.05) is 18.2 Å². The van der Waals surface area contributed by atoms with Crippen molar-refractivity contribution in [3.63, 3.8) is 0 Å². The fourth-order valence-electron chi connectivity index (χ4n) is 1.66. The van der Waals surface area contributed by atoms with Crippen molar-refractivity contribution in [2.45, 2.75) is 20.4 Å². The van der Waals surface area contributed by atoms with E-state index in [9.17, 15) is 0 Å². The van der Waals surface area contributed by atoms with Gasteiger partial charge in [-0.05, 0) is 77.4 Å². The van der Waals surface area contributed by atoms with Crippen LogP contribution in [0.5, 0.6) is 0 Å². The van der Waals surface area contributed by atoms with Gasteiger partial charge in [0.1, 0.15) is 0 Å². The molecule has 0 spiro atoms. The zero-order chi connectivity index (χ0) is 12.3. The van der Waals surface area contributed by atoms with Crippen LogP contribution < -0.4 is 5.32 Å². The van der Waals surface area contributed by atoms with Crippen molar-refractivity contribution in [2.75, 3.05) is 5.32 Å². The van der Waals surface area contributed by atoms with Gasteiger partial charge in [0.25, 0.3) is 0 Å². The van der Waals surface area contributed by atoms with Crippen LogP contribution in [0, 0.1) is 17.4 Å². The number of hydrogen-bond acceptors (Lipinski definition) is 1. The van der Waals surface area contributed by atoms with Gasteiger partial charge in [0.05, 0.1) is 0 Å². The minimum Gasteiger partial charge on any atom is -0.381 e. The molecule has 0 fully saturated rings. The van der Waals surface area contributed by atoms with E-state index >= 15 is 0 Å². The highest BCUT2D eigenvalue weighted by atomic mass is 127. The molecule has 1 nitrogen and oxygen atoms in total. The summed E-state index contributed by atoms with van der Waals surface area (Å²) < 4.78 is 1.28. The molecule has 0 saturated carbocycles. The van der Waals surface area contributed by atoms with E-state index in [4.69, 9.17) is 0 Å². The Morgan fingerprint density at radius 1 is 0.941 bits per heavy atom. The molecular weight excluding hydrogens is 321 g/mol. The Bertz CT molecular complexity index is 503. The third-order valence-electron chi connectivity index (χ3n) is 2.92. The molecule has 0 aliphatic heterocycles. The maximum atomic E-state index is 3.45. The molecule has 2 rings (SSSR count). The first kappa shape index (κ1) is 12.4. The number of rotatable bonds is 3. The molecule has 0 aromatic heterocycles. The number of hydrogen-bond donors (Lipinski definition) is 1. The van der Waals surface area contributed by atoms with Crippen LogP contribution in [-0.2, 0) is 6.54 Å². The third kappa shape index (κ3) is 3.46. The molecule has 1 N–H and O–H groups in total. The number of benzene rings is 2. The monoisotopic (exact) mass is 337 g/mol. The summed E-state index contributed by atoms with van der Waals surface area (Å²) in [6.07, 6.45) is 0. The topological polar surface area (TPSA) is 12.0 Å². The van der Waals surface area contributed by atoms with Crippen molar-refractivity contribution in [2.24, 2.45) is 0 Å². The first-order chi connectivity index (χ1) is 8.15. The third-order valence-corrected chi connectivity index (χ3v) is 3.64. The molecule has 0 aliphatic rings. The van der Waals surface area contributed by atoms with Gasteiger partial charge < -0.3 is 5.32 Å². The van der Waals surface area contributed by atoms with Gasteiger partial charge in [-0.15, -0.1) is 0 Å². The predicted molar refractivity (Wildman–Crippen MR) is 82.4 cm³/mol. The standard InChI is InChI=1S/C15H16IN/c1-11-3-8-15(9-12(11)2)17-10-13-4-6-14(16)7-5-13/h3-9,17H,10H2,1-2H3. The molecule has 0 bridgehead atoms. The molecule has 0 radical (unpaired) electrons. The zero-order valence-electron chi connectivity index (χ0n) is 10.1. The minimum absolute atomic E-state index is 0.874. The zero-order valence-corrected chi connectivity index (χ0v) is 12.3. The normalized spacial score (nSPS) is 10.3. The Morgan fingerprint density at radius 2 is 1.65 bits per heavy atom. The summed E-state index contributed by atoms with van der Waals surface area (Å²) >= 11 is 2.32. The molecule has 2 aromatic rings. The van der Waals surface area contributed by atoms with Gasteiger partial charge in [0, 0.05) is 15.8 Å². The van der Waals surface area contributed by atoms with Crippen molar-refractivity contribution in [3.8, 4) is 0 Å². The van der Waals surface area contributed by atoms with Crippen LogP contribution in [0.1, 0.15) is 16.7 Å². The fourth-order valence-corrected chi connectivity index (χ4v) is 2.02. The molecule has 0 heterocycles. The molecule has 0 saturated heterocycles. The molecule has 0 atom stereocenters. The maximum absolute atomic E-state index is 3.45. The first-order valence-electron chi connectivity index (χ1n) is 5.71. The molecule has 2 heteroatoms. The van der Waals surface area contributed by atoms with E-state index in [1.807, 2.05) is 0 Å². The lowest BCUT2D eigenvalue weighted by Gasteiger charge is -2.09. The van der Waals surface area contributed by atoms with Gasteiger partial charge >= 0.3 is 0 Å². The lowest BCUT2D eigenvalue weighted by atomic mass is 10.1. The van der Waals surface area contributed by atoms with Crippen LogP contribution >= 0.6 is 22.6 Å². The Morgan fingerprint density at radius 3 is 2.29 bits per heavy atom. The van der Waals surface area contributed by atoms with E-state index in [0.717, 1.165) is 6.54 Å². The van der Waals surface area contributed by atoms with E-state index in [-0.39, 0.29) is 0 Å². The summed E-state index contributed by atoms with van der Waals surface area (Å²) in [4.78, 5) is 0. The highest BCUT2D eigenvalue weighted by Crippen LogP contribution is 2.15. The van der Waals surface area contributed by atoms with Crippen molar-refractivity contribution >= 4 is 28.3 Å². The van der Waals surface area contributed by atoms with Gasteiger partial charge in [0.2, 0.25) is 0 Å². The Kier molecular flexibility index (Phi) is 4.05. The van der Waals surface area contributed by atoms with Gasteiger partial charge in [-0.3, -0.25) is 0 Å². The van der Waals surface area contributed by atoms with Crippen LogP contribution in [0.15, 0.2) is 42.5 Å². The average molecular weight is 337 g/mol. The summed E-state index contributed by atoms with van der Waals surface area (Å²) in [6, 6.07) is 15.1. The molecule has 88 valence electrons. The summed E-state index contributed by atoms with van der Waals surface area (Å²) in [5, 5.41) is 3.45. The molecule has 0 aliphatic carbocycles. The van der Waals surface area contributed by atoms with Crippen molar-refractivity contribution in [1.29, 1.82) is 0 Å². The second kappa shape index (κ2) is 5.54. The highest BCUT2D eigenvalue weighted by molar-refractivity contribution is 14.1. The lowest BCUT2D eigenvalue weighted by molar-refractivity contribution is 1.14. The largest absolute Gasteiger partial charge is 0.381 e. The van der Waals surface area contributed by atoms with E-state index in [2.05, 4.69) is 84.2 Å². The molecule has 2 aromatic carbocycles. The van der Waals surface area contributed by atoms with E-state index in [1.165, 1.54) is 25.9 Å². The Labute approximate surface area is 116 Å². The predicted octanol–water partition coefficient (Wildman–Crippen LogP) is 4.52. The molecular formula is C15H16IN. The summed E-state index contributed by atoms with van der Waals surface area (Å²) in [5.74, 6) is 0. The number of halogens is 1. The molecule has 0 unspecified atom stereocenters. The van der Waals surface area contributed by atoms with Crippen LogP contribution in [-0.4, -0.2) is 0 Å². The van der Waals surface area contributed by atoms with E-state index in [1.54, 1.807) is 0 Å². The smallest absolute Gasteiger partial charge is 0.0400 e. The Hall–Kier alpha value is -1.03. The van der Waals surface area contributed by atoms with Gasteiger partial charge in [-0.2, -0.15) is 0 Å². The SMILES string of the molecule is Cc1ccc(NCc2ccc(I)cc2)cc1C. The number of aryl methyl sites for hydroxylation is 2. The summed E-state index contributed by atoms with van der Waals surface area (Å²) in [7, 11) is 0. The summed E-state index contributed by atoms with van der Waals surface area (Å²) in [5.41, 5.74) is 5.16. The lowest BCUT2D eigenvalue weighted by Crippen LogP contribution is -1.99.